The van der Waals surface area contributed by atoms with Crippen LogP contribution in [0.4, 0.5) is 11.9 Å². The number of hydrogen-bond donors (Lipinski definition) is 4. The molecule has 1 unspecified atom stereocenters. The Morgan fingerprint density at radius 3 is 2.61 bits per heavy atom. The molecule has 18 heavy (non-hydrogen) atoms. The van der Waals surface area contributed by atoms with Crippen molar-refractivity contribution in [1.82, 2.24) is 15.0 Å². The highest BCUT2D eigenvalue weighted by Gasteiger charge is 2.08. The molecule has 1 rings (SSSR count). The zero-order valence-corrected chi connectivity index (χ0v) is 10.6. The number of anilines is 2. The molecule has 8 nitrogen and oxygen atoms in total. The van der Waals surface area contributed by atoms with Crippen LogP contribution in [0.2, 0.25) is 0 Å². The first-order valence-electron chi connectivity index (χ1n) is 5.79. The largest absolute Gasteiger partial charge is 0.463 e. The van der Waals surface area contributed by atoms with Crippen LogP contribution in [-0.4, -0.2) is 58.1 Å². The first-order valence-corrected chi connectivity index (χ1v) is 5.79. The van der Waals surface area contributed by atoms with E-state index in [4.69, 9.17) is 9.84 Å². The molecule has 0 amide bonds. The van der Waals surface area contributed by atoms with Crippen LogP contribution >= 0.6 is 0 Å². The first kappa shape index (κ1) is 14.4. The Bertz CT molecular complexity index is 363. The fourth-order valence-corrected chi connectivity index (χ4v) is 1.08. The highest BCUT2D eigenvalue weighted by atomic mass is 16.5. The Labute approximate surface area is 105 Å². The summed E-state index contributed by atoms with van der Waals surface area (Å²) in [6.45, 7) is 2.33. The molecule has 0 aliphatic carbocycles. The molecule has 102 valence electrons. The Morgan fingerprint density at radius 1 is 1.28 bits per heavy atom. The molecule has 1 aromatic heterocycles. The van der Waals surface area contributed by atoms with Gasteiger partial charge in [0.1, 0.15) is 0 Å². The highest BCUT2D eigenvalue weighted by Crippen LogP contribution is 2.10. The van der Waals surface area contributed by atoms with Gasteiger partial charge < -0.3 is 25.6 Å². The second kappa shape index (κ2) is 7.62. The third-order valence-corrected chi connectivity index (χ3v) is 1.98. The number of aliphatic hydroxyl groups excluding tert-OH is 2. The predicted molar refractivity (Wildman–Crippen MR) is 66.7 cm³/mol. The highest BCUT2D eigenvalue weighted by molar-refractivity contribution is 5.35. The van der Waals surface area contributed by atoms with Crippen molar-refractivity contribution < 1.29 is 14.9 Å². The van der Waals surface area contributed by atoms with Crippen molar-refractivity contribution in [1.29, 1.82) is 0 Å². The lowest BCUT2D eigenvalue weighted by atomic mass is 10.4. The third-order valence-electron chi connectivity index (χ3n) is 1.98. The molecular weight excluding hydrogens is 238 g/mol. The first-order chi connectivity index (χ1) is 8.69. The number of nitrogens with zero attached hydrogens (tertiary/aromatic N) is 3. The van der Waals surface area contributed by atoms with Crippen molar-refractivity contribution in [3.8, 4) is 6.01 Å². The summed E-state index contributed by atoms with van der Waals surface area (Å²) < 4.78 is 5.32. The topological polar surface area (TPSA) is 112 Å². The van der Waals surface area contributed by atoms with Crippen molar-refractivity contribution in [2.75, 3.05) is 37.4 Å². The normalized spacial score (nSPS) is 12.0. The zero-order valence-electron chi connectivity index (χ0n) is 10.6. The van der Waals surface area contributed by atoms with Crippen molar-refractivity contribution >= 4 is 11.9 Å². The van der Waals surface area contributed by atoms with E-state index in [1.807, 2.05) is 6.92 Å². The molecule has 0 aliphatic heterocycles. The quantitative estimate of drug-likeness (QED) is 0.491. The number of rotatable bonds is 8. The summed E-state index contributed by atoms with van der Waals surface area (Å²) in [6, 6.07) is 0.220. The van der Waals surface area contributed by atoms with Crippen molar-refractivity contribution in [2.24, 2.45) is 0 Å². The summed E-state index contributed by atoms with van der Waals surface area (Å²) in [4.78, 5) is 12.1. The van der Waals surface area contributed by atoms with Crippen LogP contribution in [-0.2, 0) is 0 Å². The molecule has 4 N–H and O–H groups in total. The average molecular weight is 257 g/mol. The molecule has 0 aliphatic rings. The van der Waals surface area contributed by atoms with Gasteiger partial charge >= 0.3 is 6.01 Å². The minimum atomic E-state index is -0.861. The van der Waals surface area contributed by atoms with Crippen LogP contribution in [0.1, 0.15) is 13.3 Å². The SMILES string of the molecule is CCCOc1nc(NC)nc(NCC(O)CO)n1. The third kappa shape index (κ3) is 4.68. The van der Waals surface area contributed by atoms with Gasteiger partial charge in [-0.25, -0.2) is 0 Å². The fourth-order valence-electron chi connectivity index (χ4n) is 1.08. The van der Waals surface area contributed by atoms with Crippen LogP contribution in [0.5, 0.6) is 6.01 Å². The van der Waals surface area contributed by atoms with Crippen LogP contribution in [0.3, 0.4) is 0 Å². The number of ether oxygens (including phenoxy) is 1. The molecule has 0 aromatic carbocycles. The van der Waals surface area contributed by atoms with Crippen molar-refractivity contribution in [3.05, 3.63) is 0 Å². The van der Waals surface area contributed by atoms with Gasteiger partial charge in [0.15, 0.2) is 0 Å². The van der Waals surface area contributed by atoms with E-state index in [-0.39, 0.29) is 25.1 Å². The standard InChI is InChI=1S/C10H19N5O3/c1-3-4-18-10-14-8(11-2)13-9(15-10)12-5-7(17)6-16/h7,16-17H,3-6H2,1-2H3,(H2,11,12,13,14,15). The van der Waals surface area contributed by atoms with Crippen LogP contribution in [0.15, 0.2) is 0 Å². The van der Waals surface area contributed by atoms with E-state index >= 15 is 0 Å². The summed E-state index contributed by atoms with van der Waals surface area (Å²) in [5, 5.41) is 23.5. The van der Waals surface area contributed by atoms with Crippen LogP contribution < -0.4 is 15.4 Å². The van der Waals surface area contributed by atoms with E-state index < -0.39 is 6.10 Å². The zero-order chi connectivity index (χ0) is 13.4. The summed E-state index contributed by atoms with van der Waals surface area (Å²) >= 11 is 0. The summed E-state index contributed by atoms with van der Waals surface area (Å²) in [6.07, 6.45) is -0.00756. The van der Waals surface area contributed by atoms with E-state index in [9.17, 15) is 5.11 Å². The molecule has 0 fully saturated rings. The van der Waals surface area contributed by atoms with E-state index in [0.29, 0.717) is 12.6 Å². The van der Waals surface area contributed by atoms with Crippen LogP contribution in [0, 0.1) is 0 Å². The maximum absolute atomic E-state index is 9.23. The Morgan fingerprint density at radius 2 is 2.00 bits per heavy atom. The lowest BCUT2D eigenvalue weighted by Crippen LogP contribution is -2.24. The molecule has 1 aromatic rings. The molecule has 1 atom stereocenters. The van der Waals surface area contributed by atoms with Gasteiger partial charge in [-0.2, -0.15) is 15.0 Å². The molecule has 0 radical (unpaired) electrons. The number of aromatic nitrogens is 3. The molecule has 0 saturated carbocycles. The number of hydrogen-bond acceptors (Lipinski definition) is 8. The van der Waals surface area contributed by atoms with E-state index in [0.717, 1.165) is 6.42 Å². The summed E-state index contributed by atoms with van der Waals surface area (Å²) in [5.41, 5.74) is 0. The van der Waals surface area contributed by atoms with Gasteiger partial charge in [0.25, 0.3) is 0 Å². The lowest BCUT2D eigenvalue weighted by Gasteiger charge is -2.10. The fraction of sp³-hybridized carbons (Fsp3) is 0.700. The van der Waals surface area contributed by atoms with Gasteiger partial charge in [-0.15, -0.1) is 0 Å². The van der Waals surface area contributed by atoms with Gasteiger partial charge in [-0.1, -0.05) is 6.92 Å². The van der Waals surface area contributed by atoms with Gasteiger partial charge in [-0.05, 0) is 6.42 Å². The molecule has 0 saturated heterocycles. The van der Waals surface area contributed by atoms with Crippen molar-refractivity contribution in [3.63, 3.8) is 0 Å². The minimum absolute atomic E-state index is 0.150. The molecule has 0 bridgehead atoms. The Kier molecular flexibility index (Phi) is 6.09. The minimum Gasteiger partial charge on any atom is -0.463 e. The Hall–Kier alpha value is -1.67. The number of aliphatic hydroxyl groups is 2. The molecule has 0 spiro atoms. The van der Waals surface area contributed by atoms with E-state index in [2.05, 4.69) is 25.6 Å². The maximum atomic E-state index is 9.23. The maximum Gasteiger partial charge on any atom is 0.323 e. The predicted octanol–water partition coefficient (Wildman–Crippen LogP) is -0.533. The summed E-state index contributed by atoms with van der Waals surface area (Å²) in [7, 11) is 1.69. The smallest absolute Gasteiger partial charge is 0.323 e. The monoisotopic (exact) mass is 257 g/mol. The molecule has 8 heteroatoms. The molecule has 1 heterocycles. The van der Waals surface area contributed by atoms with Gasteiger partial charge in [-0.3, -0.25) is 0 Å². The van der Waals surface area contributed by atoms with Crippen molar-refractivity contribution in [2.45, 2.75) is 19.4 Å². The van der Waals surface area contributed by atoms with Gasteiger partial charge in [0, 0.05) is 13.6 Å². The Balaban J connectivity index is 2.70. The second-order valence-electron chi connectivity index (χ2n) is 3.58. The lowest BCUT2D eigenvalue weighted by molar-refractivity contribution is 0.105. The van der Waals surface area contributed by atoms with E-state index in [1.165, 1.54) is 0 Å². The number of nitrogens with one attached hydrogen (secondary N) is 2. The van der Waals surface area contributed by atoms with Gasteiger partial charge in [0.05, 0.1) is 19.3 Å². The summed E-state index contributed by atoms with van der Waals surface area (Å²) in [5.74, 6) is 0.657. The second-order valence-corrected chi connectivity index (χ2v) is 3.58. The van der Waals surface area contributed by atoms with E-state index in [1.54, 1.807) is 7.05 Å². The molecular formula is C10H19N5O3. The van der Waals surface area contributed by atoms with Gasteiger partial charge in [0.2, 0.25) is 11.9 Å². The average Bonchev–Trinajstić information content (AvgIpc) is 2.42. The van der Waals surface area contributed by atoms with Crippen LogP contribution in [0.25, 0.3) is 0 Å².